The van der Waals surface area contributed by atoms with Gasteiger partial charge in [-0.25, -0.2) is 0 Å². The summed E-state index contributed by atoms with van der Waals surface area (Å²) < 4.78 is 7.83. The number of thioether (sulfide) groups is 1. The lowest BCUT2D eigenvalue weighted by molar-refractivity contribution is -0.122. The van der Waals surface area contributed by atoms with Crippen LogP contribution in [0, 0.1) is 0 Å². The van der Waals surface area contributed by atoms with Gasteiger partial charge < -0.3 is 19.9 Å². The third-order valence-electron chi connectivity index (χ3n) is 4.09. The summed E-state index contributed by atoms with van der Waals surface area (Å²) in [5.41, 5.74) is 1.51. The summed E-state index contributed by atoms with van der Waals surface area (Å²) in [7, 11) is 3.44. The topological polar surface area (TPSA) is 98.1 Å². The number of hydrogen-bond donors (Lipinski definition) is 2. The Bertz CT molecular complexity index is 1060. The fraction of sp³-hybridized carbons (Fsp3) is 0.200. The fourth-order valence-corrected chi connectivity index (χ4v) is 3.70. The van der Waals surface area contributed by atoms with Crippen LogP contribution < -0.4 is 15.4 Å². The van der Waals surface area contributed by atoms with Crippen molar-refractivity contribution < 1.29 is 14.3 Å². The van der Waals surface area contributed by atoms with Crippen LogP contribution in [0.25, 0.3) is 11.4 Å². The van der Waals surface area contributed by atoms with Gasteiger partial charge in [0.05, 0.1) is 25.1 Å². The van der Waals surface area contributed by atoms with Crippen LogP contribution in [0.1, 0.15) is 0 Å². The number of nitrogens with one attached hydrogen (secondary N) is 2. The number of anilines is 1. The molecule has 0 radical (unpaired) electrons. The van der Waals surface area contributed by atoms with Gasteiger partial charge in [-0.2, -0.15) is 0 Å². The van der Waals surface area contributed by atoms with E-state index in [0.717, 1.165) is 15.8 Å². The molecule has 0 aliphatic rings. The van der Waals surface area contributed by atoms with Crippen LogP contribution in [0.2, 0.25) is 0 Å². The molecule has 10 heteroatoms. The van der Waals surface area contributed by atoms with E-state index in [1.165, 1.54) is 11.8 Å². The van der Waals surface area contributed by atoms with Gasteiger partial charge in [-0.3, -0.25) is 9.59 Å². The van der Waals surface area contributed by atoms with Gasteiger partial charge in [-0.05, 0) is 40.2 Å². The van der Waals surface area contributed by atoms with Crippen molar-refractivity contribution in [3.05, 3.63) is 53.0 Å². The van der Waals surface area contributed by atoms with Gasteiger partial charge in [-0.15, -0.1) is 10.2 Å². The number of halogens is 1. The predicted molar refractivity (Wildman–Crippen MR) is 119 cm³/mol. The minimum Gasteiger partial charge on any atom is -0.497 e. The van der Waals surface area contributed by atoms with Crippen molar-refractivity contribution in [2.75, 3.05) is 24.7 Å². The highest BCUT2D eigenvalue weighted by atomic mass is 79.9. The number of amides is 2. The molecule has 0 aliphatic heterocycles. The molecule has 2 amide bonds. The Morgan fingerprint density at radius 2 is 1.93 bits per heavy atom. The van der Waals surface area contributed by atoms with Crippen molar-refractivity contribution in [1.29, 1.82) is 0 Å². The van der Waals surface area contributed by atoms with E-state index in [1.54, 1.807) is 13.2 Å². The maximum absolute atomic E-state index is 12.1. The second kappa shape index (κ2) is 10.3. The van der Waals surface area contributed by atoms with E-state index in [2.05, 4.69) is 36.8 Å². The average Bonchev–Trinajstić information content (AvgIpc) is 3.12. The van der Waals surface area contributed by atoms with E-state index < -0.39 is 0 Å². The number of rotatable bonds is 8. The number of ether oxygens (including phenoxy) is 1. The minimum atomic E-state index is -0.306. The summed E-state index contributed by atoms with van der Waals surface area (Å²) in [6, 6.07) is 14.8. The average molecular weight is 490 g/mol. The summed E-state index contributed by atoms with van der Waals surface area (Å²) in [6.07, 6.45) is 0. The number of nitrogens with zero attached hydrogens (tertiary/aromatic N) is 3. The molecule has 0 unspecified atom stereocenters. The summed E-state index contributed by atoms with van der Waals surface area (Å²) in [5.74, 6) is 0.939. The molecule has 0 atom stereocenters. The molecule has 3 rings (SSSR count). The standard InChI is InChI=1S/C20H20BrN5O3S/c1-26-19(13-6-5-7-14(10-13)29-2)24-25-20(26)30-12-18(28)22-11-17(27)23-16-9-4-3-8-15(16)21/h3-10H,11-12H2,1-2H3,(H,22,28)(H,23,27). The highest BCUT2D eigenvalue weighted by Crippen LogP contribution is 2.25. The molecule has 2 N–H and O–H groups in total. The van der Waals surface area contributed by atoms with Gasteiger partial charge in [-0.1, -0.05) is 36.0 Å². The fourth-order valence-electron chi connectivity index (χ4n) is 2.57. The maximum Gasteiger partial charge on any atom is 0.243 e. The van der Waals surface area contributed by atoms with Gasteiger partial charge in [0.2, 0.25) is 11.8 Å². The number of para-hydroxylation sites is 1. The second-order valence-electron chi connectivity index (χ2n) is 6.19. The van der Waals surface area contributed by atoms with E-state index in [1.807, 2.05) is 54.1 Å². The Morgan fingerprint density at radius 3 is 2.70 bits per heavy atom. The molecular formula is C20H20BrN5O3S. The smallest absolute Gasteiger partial charge is 0.243 e. The van der Waals surface area contributed by atoms with Crippen molar-refractivity contribution in [3.8, 4) is 17.1 Å². The molecule has 0 spiro atoms. The Balaban J connectivity index is 1.51. The number of methoxy groups -OCH3 is 1. The highest BCUT2D eigenvalue weighted by molar-refractivity contribution is 9.10. The van der Waals surface area contributed by atoms with Crippen molar-refractivity contribution >= 4 is 45.2 Å². The molecule has 2 aromatic carbocycles. The van der Waals surface area contributed by atoms with E-state index in [0.29, 0.717) is 16.7 Å². The van der Waals surface area contributed by atoms with Gasteiger partial charge >= 0.3 is 0 Å². The predicted octanol–water partition coefficient (Wildman–Crippen LogP) is 3.10. The molecule has 156 valence electrons. The molecule has 30 heavy (non-hydrogen) atoms. The van der Waals surface area contributed by atoms with Gasteiger partial charge in [0, 0.05) is 17.1 Å². The molecule has 0 saturated carbocycles. The van der Waals surface area contributed by atoms with Crippen LogP contribution in [-0.4, -0.2) is 46.0 Å². The monoisotopic (exact) mass is 489 g/mol. The molecule has 0 fully saturated rings. The zero-order valence-corrected chi connectivity index (χ0v) is 18.8. The third kappa shape index (κ3) is 5.61. The number of benzene rings is 2. The van der Waals surface area contributed by atoms with Crippen LogP contribution in [0.15, 0.2) is 58.2 Å². The Morgan fingerprint density at radius 1 is 1.13 bits per heavy atom. The molecule has 0 saturated heterocycles. The number of carbonyl (C=O) groups excluding carboxylic acids is 2. The molecule has 8 nitrogen and oxygen atoms in total. The lowest BCUT2D eigenvalue weighted by atomic mass is 10.2. The lowest BCUT2D eigenvalue weighted by Crippen LogP contribution is -2.34. The van der Waals surface area contributed by atoms with Crippen LogP contribution in [0.4, 0.5) is 5.69 Å². The maximum atomic E-state index is 12.1. The first kappa shape index (κ1) is 21.8. The highest BCUT2D eigenvalue weighted by Gasteiger charge is 2.14. The quantitative estimate of drug-likeness (QED) is 0.471. The van der Waals surface area contributed by atoms with Crippen molar-refractivity contribution in [2.45, 2.75) is 5.16 Å². The summed E-state index contributed by atoms with van der Waals surface area (Å²) in [4.78, 5) is 24.1. The van der Waals surface area contributed by atoms with Crippen molar-refractivity contribution in [3.63, 3.8) is 0 Å². The summed E-state index contributed by atoms with van der Waals surface area (Å²) in [5, 5.41) is 14.3. The molecule has 0 aliphatic carbocycles. The van der Waals surface area contributed by atoms with Gasteiger partial charge in [0.15, 0.2) is 11.0 Å². The largest absolute Gasteiger partial charge is 0.497 e. The van der Waals surface area contributed by atoms with E-state index in [4.69, 9.17) is 4.74 Å². The molecule has 1 aromatic heterocycles. The summed E-state index contributed by atoms with van der Waals surface area (Å²) >= 11 is 4.61. The first-order valence-electron chi connectivity index (χ1n) is 8.95. The SMILES string of the molecule is COc1cccc(-c2nnc(SCC(=O)NCC(=O)Nc3ccccc3Br)n2C)c1. The lowest BCUT2D eigenvalue weighted by Gasteiger charge is -2.08. The van der Waals surface area contributed by atoms with Crippen LogP contribution in [0.5, 0.6) is 5.75 Å². The minimum absolute atomic E-state index is 0.116. The number of carbonyl (C=O) groups is 2. The Labute approximate surface area is 186 Å². The third-order valence-corrected chi connectivity index (χ3v) is 5.80. The van der Waals surface area contributed by atoms with E-state index >= 15 is 0 Å². The van der Waals surface area contributed by atoms with Crippen LogP contribution in [-0.2, 0) is 16.6 Å². The molecule has 3 aromatic rings. The molecular weight excluding hydrogens is 470 g/mol. The zero-order chi connectivity index (χ0) is 21.5. The zero-order valence-electron chi connectivity index (χ0n) is 16.4. The summed E-state index contributed by atoms with van der Waals surface area (Å²) in [6.45, 7) is -0.116. The van der Waals surface area contributed by atoms with E-state index in [9.17, 15) is 9.59 Å². The van der Waals surface area contributed by atoms with Gasteiger partial charge in [0.1, 0.15) is 5.75 Å². The molecule has 0 bridgehead atoms. The number of aromatic nitrogens is 3. The van der Waals surface area contributed by atoms with Crippen molar-refractivity contribution in [2.24, 2.45) is 7.05 Å². The van der Waals surface area contributed by atoms with Crippen LogP contribution in [0.3, 0.4) is 0 Å². The first-order chi connectivity index (χ1) is 14.5. The second-order valence-corrected chi connectivity index (χ2v) is 7.99. The van der Waals surface area contributed by atoms with Crippen molar-refractivity contribution in [1.82, 2.24) is 20.1 Å². The Kier molecular flexibility index (Phi) is 7.47. The van der Waals surface area contributed by atoms with E-state index in [-0.39, 0.29) is 24.1 Å². The first-order valence-corrected chi connectivity index (χ1v) is 10.7. The van der Waals surface area contributed by atoms with Gasteiger partial charge in [0.25, 0.3) is 0 Å². The molecule has 1 heterocycles. The normalized spacial score (nSPS) is 10.5. The van der Waals surface area contributed by atoms with Crippen LogP contribution >= 0.6 is 27.7 Å². The number of hydrogen-bond acceptors (Lipinski definition) is 6. The Hall–Kier alpha value is -2.85.